The molecule has 0 aliphatic rings. The third kappa shape index (κ3) is 5.62. The first-order chi connectivity index (χ1) is 4.16. The van der Waals surface area contributed by atoms with Crippen LogP contribution in [0.15, 0.2) is 34.1 Å². The highest BCUT2D eigenvalue weighted by atomic mass is 127. The van der Waals surface area contributed by atoms with Crippen LogP contribution in [0.5, 0.6) is 0 Å². The van der Waals surface area contributed by atoms with Gasteiger partial charge in [0.25, 0.3) is 0 Å². The average molecular weight is 235 g/mol. The molecule has 0 radical (unpaired) electrons. The van der Waals surface area contributed by atoms with Crippen LogP contribution in [0, 0.1) is 0 Å². The van der Waals surface area contributed by atoms with Crippen LogP contribution < -0.4 is 5.73 Å². The molecule has 0 spiro atoms. The van der Waals surface area contributed by atoms with Gasteiger partial charge in [-0.3, -0.25) is 0 Å². The van der Waals surface area contributed by atoms with Crippen molar-refractivity contribution in [3.8, 4) is 0 Å². The van der Waals surface area contributed by atoms with E-state index in [0.29, 0.717) is 0 Å². The van der Waals surface area contributed by atoms with Crippen molar-refractivity contribution in [1.29, 1.82) is 0 Å². The summed E-state index contributed by atoms with van der Waals surface area (Å²) in [6.07, 6.45) is 5.56. The number of hydrogen-bond acceptors (Lipinski definition) is 1. The Morgan fingerprint density at radius 3 is 2.44 bits per heavy atom. The third-order valence-electron chi connectivity index (χ3n) is 0.827. The number of allylic oxidation sites excluding steroid dienone is 4. The Bertz CT molecular complexity index is 152. The lowest BCUT2D eigenvalue weighted by Crippen LogP contribution is -1.83. The fraction of sp³-hybridized carbons (Fsp3) is 0.143. The predicted octanol–water partition coefficient (Wildman–Crippen LogP) is 2.35. The summed E-state index contributed by atoms with van der Waals surface area (Å²) in [7, 11) is 0. The summed E-state index contributed by atoms with van der Waals surface area (Å²) >= 11 is 2.05. The normalized spacial score (nSPS) is 13.6. The van der Waals surface area contributed by atoms with Crippen LogP contribution in [0.3, 0.4) is 0 Å². The summed E-state index contributed by atoms with van der Waals surface area (Å²) in [5, 5.41) is 0. The van der Waals surface area contributed by atoms with Gasteiger partial charge in [0.15, 0.2) is 0 Å². The molecule has 0 aromatic carbocycles. The predicted molar refractivity (Wildman–Crippen MR) is 50.2 cm³/mol. The zero-order chi connectivity index (χ0) is 7.28. The van der Waals surface area contributed by atoms with E-state index in [9.17, 15) is 0 Å². The molecule has 1 nitrogen and oxygen atoms in total. The van der Waals surface area contributed by atoms with E-state index in [1.165, 1.54) is 0 Å². The molecule has 0 aliphatic carbocycles. The lowest BCUT2D eigenvalue weighted by molar-refractivity contribution is 1.51. The van der Waals surface area contributed by atoms with Gasteiger partial charge < -0.3 is 5.73 Å². The quantitative estimate of drug-likeness (QED) is 0.443. The van der Waals surface area contributed by atoms with Gasteiger partial charge in [0.05, 0.1) is 3.70 Å². The topological polar surface area (TPSA) is 26.0 Å². The smallest absolute Gasteiger partial charge is 0.0705 e. The highest BCUT2D eigenvalue weighted by Gasteiger charge is 1.76. The summed E-state index contributed by atoms with van der Waals surface area (Å²) < 4.78 is 0.786. The van der Waals surface area contributed by atoms with Gasteiger partial charge in [-0.05, 0) is 35.6 Å². The van der Waals surface area contributed by atoms with Crippen LogP contribution in [0.4, 0.5) is 0 Å². The van der Waals surface area contributed by atoms with Crippen LogP contribution in [-0.4, -0.2) is 0 Å². The number of hydrogen-bond donors (Lipinski definition) is 1. The minimum absolute atomic E-state index is 0.786. The van der Waals surface area contributed by atoms with Gasteiger partial charge in [-0.25, -0.2) is 0 Å². The number of rotatable bonds is 2. The SMILES string of the molecule is C=C/C(C)=C\C=C(/N)I. The summed E-state index contributed by atoms with van der Waals surface area (Å²) in [5.74, 6) is 0. The Labute approximate surface area is 69.5 Å². The lowest BCUT2D eigenvalue weighted by Gasteiger charge is -1.85. The van der Waals surface area contributed by atoms with Crippen molar-refractivity contribution in [3.63, 3.8) is 0 Å². The van der Waals surface area contributed by atoms with Crippen molar-refractivity contribution in [1.82, 2.24) is 0 Å². The van der Waals surface area contributed by atoms with E-state index < -0.39 is 0 Å². The summed E-state index contributed by atoms with van der Waals surface area (Å²) in [6, 6.07) is 0. The van der Waals surface area contributed by atoms with Gasteiger partial charge in [-0.2, -0.15) is 0 Å². The van der Waals surface area contributed by atoms with Gasteiger partial charge >= 0.3 is 0 Å². The molecule has 2 heteroatoms. The molecule has 0 fully saturated rings. The average Bonchev–Trinajstić information content (AvgIpc) is 1.83. The maximum absolute atomic E-state index is 5.36. The zero-order valence-electron chi connectivity index (χ0n) is 5.39. The molecule has 0 bridgehead atoms. The Balaban J connectivity index is 3.98. The summed E-state index contributed by atoms with van der Waals surface area (Å²) in [4.78, 5) is 0. The molecule has 0 rings (SSSR count). The van der Waals surface area contributed by atoms with E-state index >= 15 is 0 Å². The van der Waals surface area contributed by atoms with Gasteiger partial charge in [-0.1, -0.05) is 24.3 Å². The monoisotopic (exact) mass is 235 g/mol. The molecule has 50 valence electrons. The first-order valence-corrected chi connectivity index (χ1v) is 3.66. The molecule has 0 amide bonds. The highest BCUT2D eigenvalue weighted by molar-refractivity contribution is 14.1. The molecule has 0 saturated heterocycles. The van der Waals surface area contributed by atoms with Gasteiger partial charge in [0.2, 0.25) is 0 Å². The Kier molecular flexibility index (Phi) is 4.48. The van der Waals surface area contributed by atoms with Crippen molar-refractivity contribution in [2.75, 3.05) is 0 Å². The molecule has 0 aliphatic heterocycles. The van der Waals surface area contributed by atoms with E-state index in [4.69, 9.17) is 5.73 Å². The fourth-order valence-corrected chi connectivity index (χ4v) is 0.459. The van der Waals surface area contributed by atoms with E-state index in [1.807, 2.05) is 19.1 Å². The van der Waals surface area contributed by atoms with Gasteiger partial charge in [0, 0.05) is 0 Å². The minimum atomic E-state index is 0.786. The van der Waals surface area contributed by atoms with E-state index in [-0.39, 0.29) is 0 Å². The van der Waals surface area contributed by atoms with Crippen LogP contribution in [0.1, 0.15) is 6.92 Å². The largest absolute Gasteiger partial charge is 0.394 e. The second-order valence-electron chi connectivity index (χ2n) is 1.67. The molecule has 0 heterocycles. The molecule has 0 aromatic rings. The second-order valence-corrected chi connectivity index (χ2v) is 2.91. The number of halogens is 1. The zero-order valence-corrected chi connectivity index (χ0v) is 7.55. The minimum Gasteiger partial charge on any atom is -0.394 e. The van der Waals surface area contributed by atoms with Crippen LogP contribution >= 0.6 is 22.6 Å². The van der Waals surface area contributed by atoms with Crippen LogP contribution in [0.25, 0.3) is 0 Å². The first kappa shape index (κ1) is 8.75. The van der Waals surface area contributed by atoms with Crippen LogP contribution in [0.2, 0.25) is 0 Å². The molecule has 9 heavy (non-hydrogen) atoms. The molecular weight excluding hydrogens is 225 g/mol. The molecule has 0 atom stereocenters. The summed E-state index contributed by atoms with van der Waals surface area (Å²) in [6.45, 7) is 5.57. The van der Waals surface area contributed by atoms with E-state index in [1.54, 1.807) is 6.08 Å². The molecule has 2 N–H and O–H groups in total. The second kappa shape index (κ2) is 4.61. The molecule has 0 aromatic heterocycles. The van der Waals surface area contributed by atoms with Crippen molar-refractivity contribution >= 4 is 22.6 Å². The maximum Gasteiger partial charge on any atom is 0.0705 e. The van der Waals surface area contributed by atoms with Crippen LogP contribution in [-0.2, 0) is 0 Å². The van der Waals surface area contributed by atoms with E-state index in [0.717, 1.165) is 9.28 Å². The molecule has 0 unspecified atom stereocenters. The lowest BCUT2D eigenvalue weighted by atomic mass is 10.3. The summed E-state index contributed by atoms with van der Waals surface area (Å²) in [5.41, 5.74) is 6.48. The molecule has 0 saturated carbocycles. The standard InChI is InChI=1S/C7H10IN/c1-3-6(2)4-5-7(8)9/h3-5H,1,9H2,2H3/b6-4-,7-5-. The van der Waals surface area contributed by atoms with Gasteiger partial charge in [0.1, 0.15) is 0 Å². The Morgan fingerprint density at radius 1 is 1.56 bits per heavy atom. The third-order valence-corrected chi connectivity index (χ3v) is 1.19. The highest BCUT2D eigenvalue weighted by Crippen LogP contribution is 1.99. The maximum atomic E-state index is 5.36. The molecular formula is C7H10IN. The Hall–Kier alpha value is -0.250. The van der Waals surface area contributed by atoms with Crippen molar-refractivity contribution in [3.05, 3.63) is 34.1 Å². The van der Waals surface area contributed by atoms with Crippen molar-refractivity contribution in [2.24, 2.45) is 5.73 Å². The number of nitrogens with two attached hydrogens (primary N) is 1. The first-order valence-electron chi connectivity index (χ1n) is 2.59. The van der Waals surface area contributed by atoms with Crippen molar-refractivity contribution in [2.45, 2.75) is 6.92 Å². The Morgan fingerprint density at radius 2 is 2.11 bits per heavy atom. The fourth-order valence-electron chi connectivity index (χ4n) is 0.279. The van der Waals surface area contributed by atoms with E-state index in [2.05, 4.69) is 29.2 Å². The van der Waals surface area contributed by atoms with Gasteiger partial charge in [-0.15, -0.1) is 0 Å². The van der Waals surface area contributed by atoms with Crippen molar-refractivity contribution < 1.29 is 0 Å².